The van der Waals surface area contributed by atoms with Crippen molar-refractivity contribution in [1.29, 1.82) is 0 Å². The molecule has 0 spiro atoms. The minimum absolute atomic E-state index is 0.0668. The Balaban J connectivity index is 2.36. The van der Waals surface area contributed by atoms with Gasteiger partial charge in [0.15, 0.2) is 0 Å². The summed E-state index contributed by atoms with van der Waals surface area (Å²) in [6.45, 7) is 1.06. The highest BCUT2D eigenvalue weighted by atomic mass is 32.1. The van der Waals surface area contributed by atoms with Gasteiger partial charge >= 0.3 is 6.18 Å². The summed E-state index contributed by atoms with van der Waals surface area (Å²) in [6, 6.07) is 0. The molecule has 17 heavy (non-hydrogen) atoms. The maximum absolute atomic E-state index is 11.9. The van der Waals surface area contributed by atoms with Gasteiger partial charge in [-0.3, -0.25) is 0 Å². The SMILES string of the molecule is COC(C)Cc1nc(CNCC(F)(F)F)cs1. The van der Waals surface area contributed by atoms with Gasteiger partial charge < -0.3 is 10.1 Å². The summed E-state index contributed by atoms with van der Waals surface area (Å²) in [5, 5.41) is 4.95. The fourth-order valence-corrected chi connectivity index (χ4v) is 2.09. The van der Waals surface area contributed by atoms with Gasteiger partial charge in [-0.15, -0.1) is 11.3 Å². The van der Waals surface area contributed by atoms with Crippen LogP contribution in [0.25, 0.3) is 0 Å². The van der Waals surface area contributed by atoms with Gasteiger partial charge in [-0.25, -0.2) is 4.98 Å². The second-order valence-corrected chi connectivity index (χ2v) is 4.64. The quantitative estimate of drug-likeness (QED) is 0.860. The number of ether oxygens (including phenoxy) is 1. The average Bonchev–Trinajstić information content (AvgIpc) is 2.63. The lowest BCUT2D eigenvalue weighted by Gasteiger charge is -2.07. The molecule has 1 N–H and O–H groups in total. The molecule has 0 bridgehead atoms. The standard InChI is InChI=1S/C10H15F3N2OS/c1-7(16-2)3-9-15-8(5-17-9)4-14-6-10(11,12)13/h5,7,14H,3-4,6H2,1-2H3. The van der Waals surface area contributed by atoms with E-state index in [2.05, 4.69) is 10.3 Å². The molecular formula is C10H15F3N2OS. The Labute approximate surface area is 102 Å². The number of nitrogens with one attached hydrogen (secondary N) is 1. The van der Waals surface area contributed by atoms with Crippen molar-refractivity contribution in [2.45, 2.75) is 32.2 Å². The molecule has 1 rings (SSSR count). The fraction of sp³-hybridized carbons (Fsp3) is 0.700. The van der Waals surface area contributed by atoms with E-state index in [4.69, 9.17) is 4.74 Å². The summed E-state index contributed by atoms with van der Waals surface area (Å²) in [7, 11) is 1.62. The third kappa shape index (κ3) is 5.99. The van der Waals surface area contributed by atoms with Crippen molar-refractivity contribution < 1.29 is 17.9 Å². The van der Waals surface area contributed by atoms with E-state index >= 15 is 0 Å². The van der Waals surface area contributed by atoms with Crippen LogP contribution in [0.4, 0.5) is 13.2 Å². The Morgan fingerprint density at radius 1 is 1.53 bits per heavy atom. The Hall–Kier alpha value is -0.660. The van der Waals surface area contributed by atoms with Gasteiger partial charge in [-0.2, -0.15) is 13.2 Å². The first-order valence-electron chi connectivity index (χ1n) is 5.14. The van der Waals surface area contributed by atoms with Crippen molar-refractivity contribution in [3.63, 3.8) is 0 Å². The molecule has 0 fully saturated rings. The third-order valence-electron chi connectivity index (χ3n) is 2.10. The molecule has 1 aromatic rings. The first-order valence-corrected chi connectivity index (χ1v) is 6.02. The summed E-state index contributed by atoms with van der Waals surface area (Å²) < 4.78 is 40.7. The number of halogens is 3. The van der Waals surface area contributed by atoms with Crippen LogP contribution in [0, 0.1) is 0 Å². The van der Waals surface area contributed by atoms with Crippen LogP contribution in [0.3, 0.4) is 0 Å². The van der Waals surface area contributed by atoms with Crippen molar-refractivity contribution >= 4 is 11.3 Å². The first kappa shape index (κ1) is 14.4. The van der Waals surface area contributed by atoms with E-state index in [1.807, 2.05) is 6.92 Å². The molecule has 0 aromatic carbocycles. The Morgan fingerprint density at radius 2 is 2.24 bits per heavy atom. The Bertz CT molecular complexity index is 341. The number of rotatable bonds is 6. The smallest absolute Gasteiger partial charge is 0.381 e. The maximum atomic E-state index is 11.9. The van der Waals surface area contributed by atoms with Gasteiger partial charge in [0, 0.05) is 25.5 Å². The number of nitrogens with zero attached hydrogens (tertiary/aromatic N) is 1. The molecule has 0 saturated carbocycles. The van der Waals surface area contributed by atoms with E-state index in [9.17, 15) is 13.2 Å². The lowest BCUT2D eigenvalue weighted by molar-refractivity contribution is -0.125. The summed E-state index contributed by atoms with van der Waals surface area (Å²) in [5.74, 6) is 0. The molecule has 0 aliphatic carbocycles. The number of aromatic nitrogens is 1. The van der Waals surface area contributed by atoms with Crippen LogP contribution >= 0.6 is 11.3 Å². The van der Waals surface area contributed by atoms with E-state index in [1.165, 1.54) is 11.3 Å². The van der Waals surface area contributed by atoms with Gasteiger partial charge in [0.25, 0.3) is 0 Å². The zero-order chi connectivity index (χ0) is 12.9. The molecule has 1 unspecified atom stereocenters. The molecule has 0 aliphatic heterocycles. The number of methoxy groups -OCH3 is 1. The molecule has 0 amide bonds. The lowest BCUT2D eigenvalue weighted by atomic mass is 10.3. The van der Waals surface area contributed by atoms with Gasteiger partial charge in [0.05, 0.1) is 23.4 Å². The van der Waals surface area contributed by atoms with E-state index in [0.717, 1.165) is 5.01 Å². The predicted octanol–water partition coefficient (Wildman–Crippen LogP) is 2.37. The Kier molecular flexibility index (Phi) is 5.35. The van der Waals surface area contributed by atoms with Gasteiger partial charge in [-0.05, 0) is 6.92 Å². The molecule has 3 nitrogen and oxygen atoms in total. The molecule has 0 saturated heterocycles. The van der Waals surface area contributed by atoms with Crippen molar-refractivity contribution in [3.05, 3.63) is 16.1 Å². The van der Waals surface area contributed by atoms with Crippen LogP contribution in [0.1, 0.15) is 17.6 Å². The van der Waals surface area contributed by atoms with Gasteiger partial charge in [0.1, 0.15) is 0 Å². The summed E-state index contributed by atoms with van der Waals surface area (Å²) in [4.78, 5) is 4.23. The van der Waals surface area contributed by atoms with Crippen molar-refractivity contribution in [1.82, 2.24) is 10.3 Å². The monoisotopic (exact) mass is 268 g/mol. The molecule has 1 atom stereocenters. The van der Waals surface area contributed by atoms with Crippen LogP contribution < -0.4 is 5.32 Å². The van der Waals surface area contributed by atoms with E-state index in [-0.39, 0.29) is 12.6 Å². The largest absolute Gasteiger partial charge is 0.401 e. The number of thiazole rings is 1. The average molecular weight is 268 g/mol. The van der Waals surface area contributed by atoms with Crippen LogP contribution in [0.15, 0.2) is 5.38 Å². The predicted molar refractivity (Wildman–Crippen MR) is 60.1 cm³/mol. The minimum Gasteiger partial charge on any atom is -0.381 e. The van der Waals surface area contributed by atoms with Crippen LogP contribution in [0.2, 0.25) is 0 Å². The molecule has 0 aliphatic rings. The summed E-state index contributed by atoms with van der Waals surface area (Å²) >= 11 is 1.44. The summed E-state index contributed by atoms with van der Waals surface area (Å²) in [5.41, 5.74) is 0.637. The maximum Gasteiger partial charge on any atom is 0.401 e. The fourth-order valence-electron chi connectivity index (χ4n) is 1.19. The number of hydrogen-bond donors (Lipinski definition) is 1. The minimum atomic E-state index is -4.18. The highest BCUT2D eigenvalue weighted by Gasteiger charge is 2.26. The number of hydrogen-bond acceptors (Lipinski definition) is 4. The Morgan fingerprint density at radius 3 is 2.82 bits per heavy atom. The van der Waals surface area contributed by atoms with E-state index < -0.39 is 12.7 Å². The van der Waals surface area contributed by atoms with E-state index in [1.54, 1.807) is 12.5 Å². The highest BCUT2D eigenvalue weighted by molar-refractivity contribution is 7.09. The molecule has 0 radical (unpaired) electrons. The first-order chi connectivity index (χ1) is 7.90. The van der Waals surface area contributed by atoms with Crippen LogP contribution in [-0.2, 0) is 17.7 Å². The van der Waals surface area contributed by atoms with Crippen molar-refractivity contribution in [2.24, 2.45) is 0 Å². The lowest BCUT2D eigenvalue weighted by Crippen LogP contribution is -2.28. The second kappa shape index (κ2) is 6.32. The normalized spacial score (nSPS) is 13.9. The zero-order valence-corrected chi connectivity index (χ0v) is 10.5. The topological polar surface area (TPSA) is 34.1 Å². The van der Waals surface area contributed by atoms with Crippen molar-refractivity contribution in [3.8, 4) is 0 Å². The van der Waals surface area contributed by atoms with Crippen molar-refractivity contribution in [2.75, 3.05) is 13.7 Å². The van der Waals surface area contributed by atoms with Gasteiger partial charge in [-0.1, -0.05) is 0 Å². The second-order valence-electron chi connectivity index (χ2n) is 3.70. The molecule has 1 heterocycles. The molecule has 7 heteroatoms. The molecule has 1 aromatic heterocycles. The van der Waals surface area contributed by atoms with E-state index in [0.29, 0.717) is 12.1 Å². The zero-order valence-electron chi connectivity index (χ0n) is 9.67. The van der Waals surface area contributed by atoms with Crippen LogP contribution in [0.5, 0.6) is 0 Å². The van der Waals surface area contributed by atoms with Crippen LogP contribution in [-0.4, -0.2) is 30.9 Å². The van der Waals surface area contributed by atoms with Gasteiger partial charge in [0.2, 0.25) is 0 Å². The number of alkyl halides is 3. The summed E-state index contributed by atoms with van der Waals surface area (Å²) in [6.07, 6.45) is -3.43. The molecular weight excluding hydrogens is 253 g/mol. The third-order valence-corrected chi connectivity index (χ3v) is 3.02. The highest BCUT2D eigenvalue weighted by Crippen LogP contribution is 2.15. The molecule has 98 valence electrons.